The summed E-state index contributed by atoms with van der Waals surface area (Å²) in [6.45, 7) is 7.92. The topological polar surface area (TPSA) is 209 Å². The third-order valence-corrected chi connectivity index (χ3v) is 12.6. The van der Waals surface area contributed by atoms with Crippen molar-refractivity contribution >= 4 is 33.8 Å². The van der Waals surface area contributed by atoms with Crippen LogP contribution in [0.15, 0.2) is 60.9 Å². The summed E-state index contributed by atoms with van der Waals surface area (Å²) in [5.74, 6) is 0.183. The molecule has 2 fully saturated rings. The number of H-pyrrole nitrogens is 2. The second kappa shape index (κ2) is 17.4. The van der Waals surface area contributed by atoms with Crippen LogP contribution in [0.2, 0.25) is 0 Å². The van der Waals surface area contributed by atoms with E-state index in [1.807, 2.05) is 62.4 Å². The van der Waals surface area contributed by atoms with E-state index in [2.05, 4.69) is 30.6 Å². The number of likely N-dealkylation sites (tertiary alicyclic amines) is 2. The number of alkyl carbamates (subject to hydrolysis) is 2. The van der Waals surface area contributed by atoms with Gasteiger partial charge in [-0.3, -0.25) is 9.59 Å². The summed E-state index contributed by atoms with van der Waals surface area (Å²) < 4.78 is 34.7. The highest BCUT2D eigenvalue weighted by Crippen LogP contribution is 2.37. The minimum Gasteiger partial charge on any atom is -0.453 e. The minimum absolute atomic E-state index is 0.0178. The Balaban J connectivity index is 1.14. The van der Waals surface area contributed by atoms with Gasteiger partial charge >= 0.3 is 12.2 Å². The zero-order chi connectivity index (χ0) is 41.9. The smallest absolute Gasteiger partial charge is 0.407 e. The number of benzene rings is 2. The second-order valence-corrected chi connectivity index (χ2v) is 17.9. The highest BCUT2D eigenvalue weighted by Gasteiger charge is 2.45. The molecule has 0 spiro atoms. The second-order valence-electron chi connectivity index (χ2n) is 15.6. The number of ether oxygens (including phenoxy) is 2. The van der Waals surface area contributed by atoms with Crippen molar-refractivity contribution < 1.29 is 37.1 Å². The van der Waals surface area contributed by atoms with E-state index in [9.17, 15) is 27.6 Å². The first-order chi connectivity index (χ1) is 27.6. The van der Waals surface area contributed by atoms with E-state index in [-0.39, 0.29) is 36.8 Å². The van der Waals surface area contributed by atoms with Crippen LogP contribution in [-0.4, -0.2) is 113 Å². The largest absolute Gasteiger partial charge is 0.453 e. The van der Waals surface area contributed by atoms with Crippen molar-refractivity contribution in [1.82, 2.24) is 40.4 Å². The van der Waals surface area contributed by atoms with Crippen molar-refractivity contribution in [3.8, 4) is 33.6 Å². The molecule has 2 aromatic heterocycles. The lowest BCUT2D eigenvalue weighted by atomic mass is 10.0. The van der Waals surface area contributed by atoms with Gasteiger partial charge in [-0.15, -0.1) is 0 Å². The van der Waals surface area contributed by atoms with Crippen molar-refractivity contribution in [1.29, 1.82) is 0 Å². The van der Waals surface area contributed by atoms with Crippen LogP contribution < -0.4 is 10.6 Å². The summed E-state index contributed by atoms with van der Waals surface area (Å²) in [5, 5.41) is 4.49. The quantitative estimate of drug-likeness (QED) is 0.146. The normalized spacial score (nSPS) is 19.3. The first kappa shape index (κ1) is 41.9. The van der Waals surface area contributed by atoms with Crippen LogP contribution in [0.4, 0.5) is 9.59 Å². The molecule has 2 aliphatic heterocycles. The fraction of sp³-hybridized carbons (Fsp3) is 0.463. The molecule has 5 atom stereocenters. The van der Waals surface area contributed by atoms with Gasteiger partial charge in [0.15, 0.2) is 9.84 Å². The van der Waals surface area contributed by atoms with E-state index in [0.717, 1.165) is 40.8 Å². The molecule has 2 aliphatic rings. The van der Waals surface area contributed by atoms with Gasteiger partial charge in [0.05, 0.1) is 55.3 Å². The standard InChI is InChI=1S/C41H52N8O8S/c1-23(2)34(46-40(52)56-5)38(50)48-18-8-9-32(48)36-42-20-30(44-36)27-14-10-25(11-15-27)26-12-16-28(17-13-26)31-21-43-37(45-31)33-19-29(58(7,54)55)22-49(33)39(51)35(24(3)4)47-41(53)57-6/h10-17,20-21,23-24,29,32-35H,8-9,18-19,22H2,1-7H3,(H,42,44)(H,43,45)(H,46,52)(H,47,53)/t29-,32-,33-,34-,35-/m0/s1. The number of hydrogen-bond donors (Lipinski definition) is 4. The first-order valence-electron chi connectivity index (χ1n) is 19.4. The SMILES string of the molecule is COC(=O)N[C@H](C(=O)N1CCC[C@H]1c1ncc(-c2ccc(-c3ccc(-c4cnc([C@@H]5C[C@H](S(C)(=O)=O)CN5C(=O)[C@@H](NC(=O)OC)C(C)C)[nH]4)cc3)cc2)[nH]1)C(C)C. The number of hydrogen-bond acceptors (Lipinski definition) is 10. The first-order valence-corrected chi connectivity index (χ1v) is 21.3. The van der Waals surface area contributed by atoms with Gasteiger partial charge in [0.25, 0.3) is 0 Å². The number of amides is 4. The number of imidazole rings is 2. The lowest BCUT2D eigenvalue weighted by Gasteiger charge is -2.30. The van der Waals surface area contributed by atoms with Gasteiger partial charge in [-0.2, -0.15) is 0 Å². The van der Waals surface area contributed by atoms with Crippen LogP contribution in [0.3, 0.4) is 0 Å². The van der Waals surface area contributed by atoms with E-state index in [1.165, 1.54) is 25.4 Å². The fourth-order valence-corrected chi connectivity index (χ4v) is 8.63. The molecule has 310 valence electrons. The lowest BCUT2D eigenvalue weighted by Crippen LogP contribution is -2.51. The highest BCUT2D eigenvalue weighted by molar-refractivity contribution is 7.91. The van der Waals surface area contributed by atoms with Crippen LogP contribution >= 0.6 is 0 Å². The van der Waals surface area contributed by atoms with Crippen LogP contribution in [0.1, 0.15) is 70.7 Å². The Labute approximate surface area is 338 Å². The van der Waals surface area contributed by atoms with Gasteiger partial charge in [-0.05, 0) is 53.4 Å². The van der Waals surface area contributed by atoms with Gasteiger partial charge in [-0.25, -0.2) is 28.0 Å². The molecular weight excluding hydrogens is 765 g/mol. The van der Waals surface area contributed by atoms with Gasteiger partial charge < -0.3 is 39.9 Å². The summed E-state index contributed by atoms with van der Waals surface area (Å²) in [6.07, 6.45) is 4.98. The lowest BCUT2D eigenvalue weighted by molar-refractivity contribution is -0.136. The number of carbonyl (C=O) groups is 4. The minimum atomic E-state index is -3.47. The summed E-state index contributed by atoms with van der Waals surface area (Å²) in [6, 6.07) is 13.5. The summed E-state index contributed by atoms with van der Waals surface area (Å²) in [7, 11) is -0.980. The average molecular weight is 817 g/mol. The molecule has 2 aromatic carbocycles. The zero-order valence-electron chi connectivity index (χ0n) is 33.8. The molecule has 0 bridgehead atoms. The number of nitrogens with zero attached hydrogens (tertiary/aromatic N) is 4. The van der Waals surface area contributed by atoms with Crippen molar-refractivity contribution in [3.05, 3.63) is 72.6 Å². The van der Waals surface area contributed by atoms with Crippen LogP contribution in [0, 0.1) is 11.8 Å². The van der Waals surface area contributed by atoms with Gasteiger partial charge in [0, 0.05) is 19.3 Å². The molecule has 58 heavy (non-hydrogen) atoms. The number of carbonyl (C=O) groups excluding carboxylic acids is 4. The Morgan fingerprint density at radius 2 is 1.14 bits per heavy atom. The van der Waals surface area contributed by atoms with Gasteiger partial charge in [0.2, 0.25) is 11.8 Å². The average Bonchev–Trinajstić information content (AvgIpc) is 4.04. The fourth-order valence-electron chi connectivity index (χ4n) is 7.67. The third kappa shape index (κ3) is 9.03. The predicted octanol–water partition coefficient (Wildman–Crippen LogP) is 5.25. The third-order valence-electron chi connectivity index (χ3n) is 11.0. The van der Waals surface area contributed by atoms with E-state index in [4.69, 9.17) is 9.47 Å². The van der Waals surface area contributed by atoms with E-state index < -0.39 is 51.3 Å². The zero-order valence-corrected chi connectivity index (χ0v) is 34.6. The molecule has 6 rings (SSSR count). The van der Waals surface area contributed by atoms with Crippen molar-refractivity contribution in [2.24, 2.45) is 11.8 Å². The van der Waals surface area contributed by atoms with Crippen LogP contribution in [0.5, 0.6) is 0 Å². The molecule has 16 nitrogen and oxygen atoms in total. The molecule has 0 aliphatic carbocycles. The van der Waals surface area contributed by atoms with E-state index >= 15 is 0 Å². The van der Waals surface area contributed by atoms with E-state index in [0.29, 0.717) is 23.9 Å². The maximum atomic E-state index is 13.8. The molecule has 4 heterocycles. The van der Waals surface area contributed by atoms with Crippen molar-refractivity contribution in [2.75, 3.05) is 33.6 Å². The molecule has 4 aromatic rings. The number of aromatic nitrogens is 4. The molecule has 0 radical (unpaired) electrons. The molecule has 0 unspecified atom stereocenters. The van der Waals surface area contributed by atoms with Crippen LogP contribution in [0.25, 0.3) is 33.6 Å². The van der Waals surface area contributed by atoms with Crippen LogP contribution in [-0.2, 0) is 28.9 Å². The number of sulfone groups is 1. The van der Waals surface area contributed by atoms with Gasteiger partial charge in [0.1, 0.15) is 23.7 Å². The van der Waals surface area contributed by atoms with E-state index in [1.54, 1.807) is 31.1 Å². The maximum absolute atomic E-state index is 13.8. The number of aromatic amines is 2. The van der Waals surface area contributed by atoms with Gasteiger partial charge in [-0.1, -0.05) is 76.2 Å². The Kier molecular flexibility index (Phi) is 12.6. The molecular formula is C41H52N8O8S. The van der Waals surface area contributed by atoms with Crippen molar-refractivity contribution in [3.63, 3.8) is 0 Å². The number of nitrogens with one attached hydrogen (secondary N) is 4. The monoisotopic (exact) mass is 816 g/mol. The Hall–Kier alpha value is -5.71. The Morgan fingerprint density at radius 3 is 1.57 bits per heavy atom. The summed E-state index contributed by atoms with van der Waals surface area (Å²) in [4.78, 5) is 70.6. The molecule has 2 saturated heterocycles. The maximum Gasteiger partial charge on any atom is 0.407 e. The molecule has 17 heteroatoms. The van der Waals surface area contributed by atoms with Crippen molar-refractivity contribution in [2.45, 2.75) is 76.4 Å². The highest BCUT2D eigenvalue weighted by atomic mass is 32.2. The molecule has 0 saturated carbocycles. The number of rotatable bonds is 12. The predicted molar refractivity (Wildman–Crippen MR) is 217 cm³/mol. The Bertz CT molecular complexity index is 2220. The summed E-state index contributed by atoms with van der Waals surface area (Å²) >= 11 is 0. The Morgan fingerprint density at radius 1 is 0.707 bits per heavy atom. The summed E-state index contributed by atoms with van der Waals surface area (Å²) in [5.41, 5.74) is 5.31. The molecule has 4 N–H and O–H groups in total. The molecule has 4 amide bonds. The number of methoxy groups -OCH3 is 2.